The zero-order chi connectivity index (χ0) is 32.4. The smallest absolute Gasteiger partial charge is 0.258 e. The zero-order valence-electron chi connectivity index (χ0n) is 23.2. The number of fused-ring (bicyclic) bond motifs is 4. The van der Waals surface area contributed by atoms with Crippen LogP contribution in [0.2, 0.25) is 0 Å². The van der Waals surface area contributed by atoms with Crippen LogP contribution in [-0.4, -0.2) is 48.9 Å². The van der Waals surface area contributed by atoms with Crippen molar-refractivity contribution in [1.29, 1.82) is 0 Å². The Labute approximate surface area is 257 Å². The number of aromatic hydroxyl groups is 1. The van der Waals surface area contributed by atoms with Gasteiger partial charge in [-0.05, 0) is 45.6 Å². The highest BCUT2D eigenvalue weighted by molar-refractivity contribution is 6.58. The molecule has 14 heteroatoms. The Morgan fingerprint density at radius 2 is 1.41 bits per heavy atom. The number of carbonyl (C=O) groups is 4. The van der Waals surface area contributed by atoms with E-state index >= 15 is 8.78 Å². The number of nitrogens with zero attached hydrogens (tertiary/aromatic N) is 2. The highest BCUT2D eigenvalue weighted by Gasteiger charge is 2.77. The topological polar surface area (TPSA) is 95.0 Å². The summed E-state index contributed by atoms with van der Waals surface area (Å²) in [4.78, 5) is 51.0. The van der Waals surface area contributed by atoms with Crippen LogP contribution in [0.1, 0.15) is 45.1 Å². The lowest BCUT2D eigenvalue weighted by molar-refractivity contribution is -0.145. The molecule has 0 bridgehead atoms. The predicted molar refractivity (Wildman–Crippen MR) is 146 cm³/mol. The SMILES string of the molecule is CC(C)(C)N1C(=O)[C@H]2[C@H](CC=C3[C@H]2C[C@@]2(Cl)C(=O)N(c4c(F)c(F)c(F)c(F)c4F)C(=O)[C@@]2(Cl)[C@H]3c2ccccc2O)C1=O. The second-order valence-corrected chi connectivity index (χ2v) is 13.7. The van der Waals surface area contributed by atoms with Crippen LogP contribution >= 0.6 is 23.2 Å². The molecule has 2 heterocycles. The van der Waals surface area contributed by atoms with Gasteiger partial charge in [0.1, 0.15) is 11.4 Å². The summed E-state index contributed by atoms with van der Waals surface area (Å²) in [6.45, 7) is 4.98. The largest absolute Gasteiger partial charge is 0.508 e. The Hall–Kier alpha value is -3.51. The number of anilines is 1. The number of benzene rings is 2. The fourth-order valence-corrected chi connectivity index (χ4v) is 8.23. The van der Waals surface area contributed by atoms with Crippen molar-refractivity contribution < 1.29 is 46.2 Å². The number of hydrogen-bond acceptors (Lipinski definition) is 5. The van der Waals surface area contributed by atoms with Crippen molar-refractivity contribution >= 4 is 52.5 Å². The fourth-order valence-electron chi connectivity index (χ4n) is 7.31. The molecule has 2 aromatic carbocycles. The minimum Gasteiger partial charge on any atom is -0.508 e. The third-order valence-electron chi connectivity index (χ3n) is 9.14. The molecule has 2 aliphatic heterocycles. The summed E-state index contributed by atoms with van der Waals surface area (Å²) in [5.41, 5.74) is -2.57. The van der Waals surface area contributed by atoms with E-state index in [1.54, 1.807) is 26.8 Å². The summed E-state index contributed by atoms with van der Waals surface area (Å²) in [6, 6.07) is 5.52. The second-order valence-electron chi connectivity index (χ2n) is 12.4. The zero-order valence-corrected chi connectivity index (χ0v) is 24.7. The molecule has 2 saturated heterocycles. The van der Waals surface area contributed by atoms with Crippen molar-refractivity contribution in [2.45, 2.75) is 54.8 Å². The molecule has 2 aromatic rings. The molecule has 6 rings (SSSR count). The summed E-state index contributed by atoms with van der Waals surface area (Å²) in [5.74, 6) is -21.4. The van der Waals surface area contributed by atoms with Gasteiger partial charge in [-0.3, -0.25) is 24.1 Å². The van der Waals surface area contributed by atoms with Crippen molar-refractivity contribution in [3.8, 4) is 5.75 Å². The highest BCUT2D eigenvalue weighted by atomic mass is 35.5. The highest BCUT2D eigenvalue weighted by Crippen LogP contribution is 2.66. The number of phenolic OH excluding ortho intramolecular Hbond substituents is 1. The van der Waals surface area contributed by atoms with E-state index in [4.69, 9.17) is 23.2 Å². The summed E-state index contributed by atoms with van der Waals surface area (Å²) >= 11 is 14.0. The number of para-hydroxylation sites is 1. The number of hydrogen-bond donors (Lipinski definition) is 1. The third kappa shape index (κ3) is 3.61. The van der Waals surface area contributed by atoms with Gasteiger partial charge in [0.05, 0.1) is 11.8 Å². The van der Waals surface area contributed by atoms with Crippen molar-refractivity contribution in [1.82, 2.24) is 4.90 Å². The van der Waals surface area contributed by atoms with Crippen LogP contribution in [0.15, 0.2) is 35.9 Å². The fraction of sp³-hybridized carbons (Fsp3) is 0.400. The molecule has 4 amide bonds. The molecule has 44 heavy (non-hydrogen) atoms. The molecule has 1 N–H and O–H groups in total. The Kier molecular flexibility index (Phi) is 6.59. The van der Waals surface area contributed by atoms with E-state index in [0.29, 0.717) is 0 Å². The molecule has 0 aromatic heterocycles. The molecule has 7 nitrogen and oxygen atoms in total. The first kappa shape index (κ1) is 30.5. The Balaban J connectivity index is 1.60. The molecule has 2 aliphatic carbocycles. The van der Waals surface area contributed by atoms with Crippen LogP contribution in [0.25, 0.3) is 0 Å². The van der Waals surface area contributed by atoms with Gasteiger partial charge in [0.25, 0.3) is 11.8 Å². The first-order chi connectivity index (χ1) is 20.4. The van der Waals surface area contributed by atoms with Gasteiger partial charge in [-0.25, -0.2) is 26.9 Å². The average molecular weight is 657 g/mol. The Morgan fingerprint density at radius 1 is 0.841 bits per heavy atom. The van der Waals surface area contributed by atoms with E-state index in [1.165, 1.54) is 24.3 Å². The Morgan fingerprint density at radius 3 is 1.98 bits per heavy atom. The van der Waals surface area contributed by atoms with Gasteiger partial charge in [0.15, 0.2) is 33.0 Å². The minimum atomic E-state index is -2.69. The number of rotatable bonds is 2. The van der Waals surface area contributed by atoms with E-state index in [2.05, 4.69) is 0 Å². The number of imide groups is 2. The lowest BCUT2D eigenvalue weighted by atomic mass is 9.56. The number of carbonyl (C=O) groups excluding carboxylic acids is 4. The van der Waals surface area contributed by atoms with Gasteiger partial charge in [0, 0.05) is 17.0 Å². The maximum Gasteiger partial charge on any atom is 0.258 e. The van der Waals surface area contributed by atoms with E-state index in [1.807, 2.05) is 0 Å². The maximum absolute atomic E-state index is 15.0. The van der Waals surface area contributed by atoms with Crippen LogP contribution in [0.4, 0.5) is 27.6 Å². The third-order valence-corrected chi connectivity index (χ3v) is 10.6. The van der Waals surface area contributed by atoms with Gasteiger partial charge in [0.2, 0.25) is 17.6 Å². The standard InChI is InChI=1S/C30H23Cl2F5N2O5/c1-28(2,3)39-24(41)13-9-8-11-14(16(13)25(39)42)10-29(31)26(43)38(23-21(36)19(34)18(33)20(35)22(23)37)27(44)30(29,32)17(11)12-6-4-5-7-15(12)40/h4-8,13-14,16-17,40H,9-10H2,1-3H3/t13-,14+,16-,17+,29+,30-/m0/s1. The van der Waals surface area contributed by atoms with Crippen LogP contribution in [-0.2, 0) is 19.2 Å². The van der Waals surface area contributed by atoms with Crippen molar-refractivity contribution in [2.75, 3.05) is 4.90 Å². The molecule has 0 radical (unpaired) electrons. The number of alkyl halides is 2. The molecular formula is C30H23Cl2F5N2O5. The lowest BCUT2D eigenvalue weighted by Gasteiger charge is -2.50. The summed E-state index contributed by atoms with van der Waals surface area (Å²) < 4.78 is 72.5. The van der Waals surface area contributed by atoms with Gasteiger partial charge in [-0.1, -0.05) is 29.8 Å². The number of phenols is 1. The predicted octanol–water partition coefficient (Wildman–Crippen LogP) is 5.45. The monoisotopic (exact) mass is 656 g/mol. The first-order valence-electron chi connectivity index (χ1n) is 13.5. The maximum atomic E-state index is 15.0. The summed E-state index contributed by atoms with van der Waals surface area (Å²) in [6.07, 6.45) is 0.978. The molecular weight excluding hydrogens is 634 g/mol. The molecule has 232 valence electrons. The average Bonchev–Trinajstić information content (AvgIpc) is 3.30. The quantitative estimate of drug-likeness (QED) is 0.116. The van der Waals surface area contributed by atoms with Gasteiger partial charge in [-0.15, -0.1) is 23.2 Å². The summed E-state index contributed by atoms with van der Waals surface area (Å²) in [7, 11) is 0. The molecule has 0 unspecified atom stereocenters. The molecule has 4 aliphatic rings. The van der Waals surface area contributed by atoms with E-state index in [-0.39, 0.29) is 22.5 Å². The summed E-state index contributed by atoms with van der Waals surface area (Å²) in [5, 5.41) is 10.9. The van der Waals surface area contributed by atoms with Crippen LogP contribution in [0, 0.1) is 46.8 Å². The van der Waals surface area contributed by atoms with E-state index in [0.717, 1.165) is 4.90 Å². The molecule has 1 saturated carbocycles. The number of allylic oxidation sites excluding steroid dienone is 2. The molecule has 0 spiro atoms. The van der Waals surface area contributed by atoms with Gasteiger partial charge >= 0.3 is 0 Å². The van der Waals surface area contributed by atoms with Gasteiger partial charge in [-0.2, -0.15) is 0 Å². The molecule has 6 atom stereocenters. The van der Waals surface area contributed by atoms with Crippen LogP contribution in [0.5, 0.6) is 5.75 Å². The number of amides is 4. The van der Waals surface area contributed by atoms with Crippen molar-refractivity contribution in [3.63, 3.8) is 0 Å². The van der Waals surface area contributed by atoms with Crippen LogP contribution < -0.4 is 4.90 Å². The number of likely N-dealkylation sites (tertiary alicyclic amines) is 1. The van der Waals surface area contributed by atoms with Crippen molar-refractivity contribution in [3.05, 3.63) is 70.6 Å². The minimum absolute atomic E-state index is 0.0174. The van der Waals surface area contributed by atoms with Crippen LogP contribution in [0.3, 0.4) is 0 Å². The van der Waals surface area contributed by atoms with Crippen molar-refractivity contribution in [2.24, 2.45) is 17.8 Å². The van der Waals surface area contributed by atoms with E-state index in [9.17, 15) is 37.5 Å². The van der Waals surface area contributed by atoms with Gasteiger partial charge < -0.3 is 5.11 Å². The van der Waals surface area contributed by atoms with E-state index < -0.39 is 110 Å². The first-order valence-corrected chi connectivity index (χ1v) is 14.3. The lowest BCUT2D eigenvalue weighted by Crippen LogP contribution is -2.60. The normalized spacial score (nSPS) is 31.7. The Bertz CT molecular complexity index is 1720. The number of halogens is 7. The second kappa shape index (κ2) is 9.50. The molecule has 3 fully saturated rings.